The molecular formula is C17H18Cl2N6O2. The van der Waals surface area contributed by atoms with E-state index in [4.69, 9.17) is 32.7 Å². The summed E-state index contributed by atoms with van der Waals surface area (Å²) in [7, 11) is 5.02. The van der Waals surface area contributed by atoms with Crippen LogP contribution in [0.2, 0.25) is 10.3 Å². The molecule has 0 aliphatic heterocycles. The number of ether oxygens (including phenoxy) is 2. The van der Waals surface area contributed by atoms with E-state index in [1.165, 1.54) is 12.7 Å². The van der Waals surface area contributed by atoms with Crippen LogP contribution in [0.25, 0.3) is 0 Å². The molecule has 1 aromatic carbocycles. The second kappa shape index (κ2) is 10.3. The Morgan fingerprint density at radius 1 is 0.778 bits per heavy atom. The van der Waals surface area contributed by atoms with Gasteiger partial charge < -0.3 is 20.1 Å². The Kier molecular flexibility index (Phi) is 7.84. The molecule has 0 amide bonds. The highest BCUT2D eigenvalue weighted by molar-refractivity contribution is 6.37. The summed E-state index contributed by atoms with van der Waals surface area (Å²) in [5, 5.41) is 6.41. The molecule has 27 heavy (non-hydrogen) atoms. The van der Waals surface area contributed by atoms with Gasteiger partial charge in [-0.2, -0.15) is 9.97 Å². The first-order chi connectivity index (χ1) is 13.1. The maximum atomic E-state index is 5.65. The van der Waals surface area contributed by atoms with E-state index in [-0.39, 0.29) is 0 Å². The number of nitrogens with zero attached hydrogens (tertiary/aromatic N) is 4. The molecule has 0 unspecified atom stereocenters. The van der Waals surface area contributed by atoms with E-state index in [0.717, 1.165) is 0 Å². The summed E-state index contributed by atoms with van der Waals surface area (Å²) in [6.07, 6.45) is 2.71. The first-order valence-corrected chi connectivity index (χ1v) is 8.49. The molecule has 10 heteroatoms. The number of para-hydroxylation sites is 1. The van der Waals surface area contributed by atoms with Gasteiger partial charge in [0.25, 0.3) is 0 Å². The van der Waals surface area contributed by atoms with Crippen LogP contribution in [-0.4, -0.2) is 41.1 Å². The maximum absolute atomic E-state index is 5.65. The van der Waals surface area contributed by atoms with Crippen LogP contribution in [0.4, 0.5) is 11.4 Å². The molecule has 3 aromatic rings. The summed E-state index contributed by atoms with van der Waals surface area (Å²) >= 11 is 11.3. The summed E-state index contributed by atoms with van der Waals surface area (Å²) in [6, 6.07) is 9.42. The zero-order valence-corrected chi connectivity index (χ0v) is 16.4. The van der Waals surface area contributed by atoms with Gasteiger partial charge in [-0.25, -0.2) is 9.97 Å². The number of hydrogen-bond donors (Lipinski definition) is 2. The molecule has 0 aliphatic carbocycles. The summed E-state index contributed by atoms with van der Waals surface area (Å²) < 4.78 is 10.8. The second-order valence-corrected chi connectivity index (χ2v) is 5.52. The Morgan fingerprint density at radius 3 is 1.85 bits per heavy atom. The predicted octanol–water partition coefficient (Wildman–Crippen LogP) is 4.14. The zero-order valence-electron chi connectivity index (χ0n) is 14.9. The third-order valence-corrected chi connectivity index (χ3v) is 3.76. The van der Waals surface area contributed by atoms with Crippen molar-refractivity contribution in [3.05, 3.63) is 53.3 Å². The lowest BCUT2D eigenvalue weighted by molar-refractivity contribution is 0.391. The van der Waals surface area contributed by atoms with Gasteiger partial charge in [0, 0.05) is 14.1 Å². The highest BCUT2D eigenvalue weighted by Gasteiger charge is 2.12. The third-order valence-electron chi connectivity index (χ3n) is 3.18. The standard InChI is InChI=1S/C12H13N3O2.C5H5Cl2N3/c1-13-10-11(16-2)14-8-15-12(10)17-9-6-4-3-5-7-9;1-8-3-4(6)9-2-10-5(3)7/h3-8,13H,1-2H3;2,8H,1H3. The minimum Gasteiger partial charge on any atom is -0.479 e. The van der Waals surface area contributed by atoms with Gasteiger partial charge in [-0.05, 0) is 12.1 Å². The normalized spacial score (nSPS) is 9.67. The summed E-state index contributed by atoms with van der Waals surface area (Å²) in [4.78, 5) is 15.5. The topological polar surface area (TPSA) is 94.1 Å². The van der Waals surface area contributed by atoms with Crippen molar-refractivity contribution in [3.8, 4) is 17.5 Å². The van der Waals surface area contributed by atoms with Gasteiger partial charge in [-0.15, -0.1) is 0 Å². The van der Waals surface area contributed by atoms with Gasteiger partial charge in [0.05, 0.1) is 7.11 Å². The van der Waals surface area contributed by atoms with Crippen LogP contribution in [0.3, 0.4) is 0 Å². The first kappa shape index (κ1) is 20.5. The fourth-order valence-electron chi connectivity index (χ4n) is 1.95. The number of anilines is 2. The Hall–Kier alpha value is -2.84. The van der Waals surface area contributed by atoms with Gasteiger partial charge >= 0.3 is 0 Å². The smallest absolute Gasteiger partial charge is 0.250 e. The molecule has 0 fully saturated rings. The molecule has 0 saturated carbocycles. The molecule has 142 valence electrons. The Morgan fingerprint density at radius 2 is 1.33 bits per heavy atom. The van der Waals surface area contributed by atoms with Crippen molar-refractivity contribution < 1.29 is 9.47 Å². The molecule has 0 radical (unpaired) electrons. The quantitative estimate of drug-likeness (QED) is 0.608. The van der Waals surface area contributed by atoms with Gasteiger partial charge in [-0.1, -0.05) is 41.4 Å². The van der Waals surface area contributed by atoms with Crippen molar-refractivity contribution >= 4 is 34.6 Å². The molecule has 3 rings (SSSR count). The van der Waals surface area contributed by atoms with Crippen molar-refractivity contribution in [2.24, 2.45) is 0 Å². The van der Waals surface area contributed by atoms with E-state index in [1.54, 1.807) is 21.2 Å². The number of aromatic nitrogens is 4. The fraction of sp³-hybridized carbons (Fsp3) is 0.176. The summed E-state index contributed by atoms with van der Waals surface area (Å²) in [5.74, 6) is 1.60. The molecule has 2 heterocycles. The van der Waals surface area contributed by atoms with Crippen LogP contribution < -0.4 is 20.1 Å². The number of hydrogen-bond acceptors (Lipinski definition) is 8. The van der Waals surface area contributed by atoms with Gasteiger partial charge in [0.2, 0.25) is 11.8 Å². The van der Waals surface area contributed by atoms with Gasteiger partial charge in [-0.3, -0.25) is 0 Å². The summed E-state index contributed by atoms with van der Waals surface area (Å²) in [6.45, 7) is 0. The monoisotopic (exact) mass is 408 g/mol. The average molecular weight is 409 g/mol. The van der Waals surface area contributed by atoms with Crippen LogP contribution in [0.15, 0.2) is 43.0 Å². The fourth-order valence-corrected chi connectivity index (χ4v) is 2.45. The van der Waals surface area contributed by atoms with E-state index in [9.17, 15) is 0 Å². The average Bonchev–Trinajstić information content (AvgIpc) is 2.69. The number of methoxy groups -OCH3 is 1. The molecule has 0 atom stereocenters. The lowest BCUT2D eigenvalue weighted by Crippen LogP contribution is -2.01. The van der Waals surface area contributed by atoms with Crippen molar-refractivity contribution in [2.45, 2.75) is 0 Å². The molecule has 2 aromatic heterocycles. The molecular weight excluding hydrogens is 391 g/mol. The summed E-state index contributed by atoms with van der Waals surface area (Å²) in [5.41, 5.74) is 1.18. The molecule has 8 nitrogen and oxygen atoms in total. The Labute approximate surface area is 166 Å². The molecule has 0 spiro atoms. The van der Waals surface area contributed by atoms with E-state index in [1.807, 2.05) is 30.3 Å². The van der Waals surface area contributed by atoms with E-state index in [2.05, 4.69) is 30.6 Å². The number of halogens is 2. The highest BCUT2D eigenvalue weighted by atomic mass is 35.5. The number of benzene rings is 1. The van der Waals surface area contributed by atoms with Crippen LogP contribution in [0.5, 0.6) is 17.5 Å². The predicted molar refractivity (Wildman–Crippen MR) is 106 cm³/mol. The van der Waals surface area contributed by atoms with Crippen molar-refractivity contribution in [2.75, 3.05) is 31.8 Å². The third kappa shape index (κ3) is 5.57. The SMILES string of the molecule is CNc1c(Cl)ncnc1Cl.CNc1c(OC)ncnc1Oc1ccccc1. The maximum Gasteiger partial charge on any atom is 0.250 e. The molecule has 2 N–H and O–H groups in total. The Bertz CT molecular complexity index is 847. The van der Waals surface area contributed by atoms with Crippen molar-refractivity contribution in [3.63, 3.8) is 0 Å². The lowest BCUT2D eigenvalue weighted by atomic mass is 10.3. The number of rotatable bonds is 5. The van der Waals surface area contributed by atoms with Crippen LogP contribution in [-0.2, 0) is 0 Å². The van der Waals surface area contributed by atoms with E-state index < -0.39 is 0 Å². The van der Waals surface area contributed by atoms with Gasteiger partial charge in [0.15, 0.2) is 16.0 Å². The van der Waals surface area contributed by atoms with E-state index >= 15 is 0 Å². The molecule has 0 saturated heterocycles. The molecule has 0 bridgehead atoms. The van der Waals surface area contributed by atoms with Crippen LogP contribution in [0.1, 0.15) is 0 Å². The zero-order chi connectivity index (χ0) is 19.6. The second-order valence-electron chi connectivity index (χ2n) is 4.81. The Balaban J connectivity index is 0.000000223. The largest absolute Gasteiger partial charge is 0.479 e. The lowest BCUT2D eigenvalue weighted by Gasteiger charge is -2.11. The van der Waals surface area contributed by atoms with Crippen LogP contribution in [0, 0.1) is 0 Å². The van der Waals surface area contributed by atoms with E-state index in [0.29, 0.717) is 39.2 Å². The molecule has 0 aliphatic rings. The first-order valence-electron chi connectivity index (χ1n) is 7.74. The van der Waals surface area contributed by atoms with Gasteiger partial charge in [0.1, 0.15) is 24.1 Å². The highest BCUT2D eigenvalue weighted by Crippen LogP contribution is 2.32. The van der Waals surface area contributed by atoms with Crippen LogP contribution >= 0.6 is 23.2 Å². The van der Waals surface area contributed by atoms with Crippen molar-refractivity contribution in [1.82, 2.24) is 19.9 Å². The minimum atomic E-state index is 0.336. The minimum absolute atomic E-state index is 0.336. The van der Waals surface area contributed by atoms with Crippen molar-refractivity contribution in [1.29, 1.82) is 0 Å². The number of nitrogens with one attached hydrogen (secondary N) is 2.